The Kier molecular flexibility index (Phi) is 10.3. The summed E-state index contributed by atoms with van der Waals surface area (Å²) in [5.74, 6) is -0.678. The van der Waals surface area contributed by atoms with Gasteiger partial charge in [0.2, 0.25) is 0 Å². The van der Waals surface area contributed by atoms with Crippen molar-refractivity contribution in [1.29, 1.82) is 0 Å². The highest BCUT2D eigenvalue weighted by Crippen LogP contribution is 2.38. The maximum absolute atomic E-state index is 11.9. The topological polar surface area (TPSA) is 71.0 Å². The van der Waals surface area contributed by atoms with Gasteiger partial charge in [-0.2, -0.15) is 0 Å². The number of nitrogens with one attached hydrogen (secondary N) is 1. The second kappa shape index (κ2) is 13.5. The highest BCUT2D eigenvalue weighted by Gasteiger charge is 2.34. The van der Waals surface area contributed by atoms with Crippen molar-refractivity contribution in [3.05, 3.63) is 107 Å². The molecule has 0 saturated carbocycles. The molecule has 1 saturated heterocycles. The van der Waals surface area contributed by atoms with E-state index in [2.05, 4.69) is 48.5 Å². The molecule has 1 aliphatic heterocycles. The average Bonchev–Trinajstić information content (AvgIpc) is 2.95. The summed E-state index contributed by atoms with van der Waals surface area (Å²) in [6, 6.07) is 26.1. The van der Waals surface area contributed by atoms with Crippen LogP contribution < -0.4 is 5.32 Å². The molecule has 2 N–H and O–H groups in total. The van der Waals surface area contributed by atoms with Crippen LogP contribution in [0.1, 0.15) is 59.6 Å². The van der Waals surface area contributed by atoms with Crippen molar-refractivity contribution in [2.45, 2.75) is 54.8 Å². The third kappa shape index (κ3) is 8.18. The van der Waals surface area contributed by atoms with Crippen molar-refractivity contribution in [3.63, 3.8) is 0 Å². The molecule has 0 spiro atoms. The summed E-state index contributed by atoms with van der Waals surface area (Å²) in [6.45, 7) is 3.14. The molecule has 1 heterocycles. The predicted molar refractivity (Wildman–Crippen MR) is 154 cm³/mol. The fraction of sp³-hybridized carbons (Fsp3) is 0.367. The lowest BCUT2D eigenvalue weighted by Gasteiger charge is -2.39. The maximum atomic E-state index is 11.9. The van der Waals surface area contributed by atoms with E-state index in [1.54, 1.807) is 0 Å². The van der Waals surface area contributed by atoms with Gasteiger partial charge in [0.1, 0.15) is 0 Å². The minimum Gasteiger partial charge on any atom is -0.392 e. The summed E-state index contributed by atoms with van der Waals surface area (Å²) in [5.41, 5.74) is 4.85. The molecule has 1 fully saturated rings. The number of likely N-dealkylation sites (N-methyl/N-ethyl adjacent to an activating group) is 1. The number of amides is 1. The van der Waals surface area contributed by atoms with Gasteiger partial charge in [-0.25, -0.2) is 0 Å². The van der Waals surface area contributed by atoms with E-state index in [0.717, 1.165) is 28.8 Å². The Balaban J connectivity index is 1.49. The standard InChI is InChI=1S/C30H33Cl3N2O4/c1-20(23-6-4-3-5-7-23)35(2)18-26-16-27(24-12-10-22(19-36)11-13-24)39-28(38-26)25-14-8-21(9-15-25)17-34-29(37)30(31,32)33/h3-15,20,26-28,36H,16-19H2,1-2H3,(H,34,37)/t20-,26+,27-,28-/m0/s1. The number of alkyl halides is 3. The Morgan fingerprint density at radius 1 is 0.974 bits per heavy atom. The average molecular weight is 592 g/mol. The molecule has 3 aromatic carbocycles. The van der Waals surface area contributed by atoms with Crippen LogP contribution in [0.3, 0.4) is 0 Å². The first-order valence-corrected chi connectivity index (χ1v) is 14.0. The van der Waals surface area contributed by atoms with E-state index < -0.39 is 16.0 Å². The van der Waals surface area contributed by atoms with E-state index in [0.29, 0.717) is 6.42 Å². The van der Waals surface area contributed by atoms with Crippen LogP contribution in [0.2, 0.25) is 0 Å². The lowest BCUT2D eigenvalue weighted by Crippen LogP contribution is -2.38. The number of halogens is 3. The molecule has 9 heteroatoms. The SMILES string of the molecule is C[C@@H](c1ccccc1)N(C)C[C@H]1C[C@@H](c2ccc(CO)cc2)O[C@@H](c2ccc(CNC(=O)C(Cl)(Cl)Cl)cc2)O1. The first-order valence-electron chi connectivity index (χ1n) is 12.8. The Labute approximate surface area is 244 Å². The molecule has 1 amide bonds. The zero-order valence-corrected chi connectivity index (χ0v) is 24.2. The number of ether oxygens (including phenoxy) is 2. The van der Waals surface area contributed by atoms with Crippen LogP contribution in [-0.4, -0.2) is 39.4 Å². The molecule has 6 nitrogen and oxygen atoms in total. The van der Waals surface area contributed by atoms with Crippen LogP contribution in [0.25, 0.3) is 0 Å². The molecule has 0 radical (unpaired) electrons. The second-order valence-electron chi connectivity index (χ2n) is 9.80. The van der Waals surface area contributed by atoms with Gasteiger partial charge in [0, 0.05) is 31.1 Å². The zero-order chi connectivity index (χ0) is 28.0. The lowest BCUT2D eigenvalue weighted by molar-refractivity contribution is -0.253. The normalized spacial score (nSPS) is 20.5. The van der Waals surface area contributed by atoms with E-state index in [9.17, 15) is 9.90 Å². The van der Waals surface area contributed by atoms with Crippen LogP contribution in [-0.2, 0) is 27.4 Å². The number of carbonyl (C=O) groups excluding carboxylic acids is 1. The quantitative estimate of drug-likeness (QED) is 0.282. The molecular formula is C30H33Cl3N2O4. The Morgan fingerprint density at radius 2 is 1.59 bits per heavy atom. The Morgan fingerprint density at radius 3 is 2.21 bits per heavy atom. The highest BCUT2D eigenvalue weighted by atomic mass is 35.6. The van der Waals surface area contributed by atoms with Crippen molar-refractivity contribution in [3.8, 4) is 0 Å². The van der Waals surface area contributed by atoms with E-state index in [1.807, 2.05) is 54.6 Å². The summed E-state index contributed by atoms with van der Waals surface area (Å²) < 4.78 is 10.9. The number of carbonyl (C=O) groups is 1. The number of aliphatic hydroxyl groups is 1. The first-order chi connectivity index (χ1) is 18.6. The Bertz CT molecular complexity index is 1200. The molecule has 208 valence electrons. The summed E-state index contributed by atoms with van der Waals surface area (Å²) in [7, 11) is 2.11. The molecule has 1 aliphatic rings. The van der Waals surface area contributed by atoms with Crippen LogP contribution in [0.4, 0.5) is 0 Å². The minimum absolute atomic E-state index is 0.00318. The van der Waals surface area contributed by atoms with Crippen molar-refractivity contribution in [1.82, 2.24) is 10.2 Å². The Hall–Kier alpha value is -2.16. The fourth-order valence-electron chi connectivity index (χ4n) is 4.57. The number of rotatable bonds is 9. The maximum Gasteiger partial charge on any atom is 0.272 e. The molecule has 0 aromatic heterocycles. The lowest BCUT2D eigenvalue weighted by atomic mass is 9.99. The predicted octanol–water partition coefficient (Wildman–Crippen LogP) is 6.40. The smallest absolute Gasteiger partial charge is 0.272 e. The van der Waals surface area contributed by atoms with Gasteiger partial charge in [-0.3, -0.25) is 9.69 Å². The third-order valence-electron chi connectivity index (χ3n) is 7.01. The summed E-state index contributed by atoms with van der Waals surface area (Å²) in [4.78, 5) is 14.2. The third-order valence-corrected chi connectivity index (χ3v) is 7.53. The monoisotopic (exact) mass is 590 g/mol. The number of aliphatic hydroxyl groups excluding tert-OH is 1. The van der Waals surface area contributed by atoms with E-state index in [1.165, 1.54) is 5.56 Å². The minimum atomic E-state index is -2.01. The zero-order valence-electron chi connectivity index (χ0n) is 21.9. The summed E-state index contributed by atoms with van der Waals surface area (Å²) in [5, 5.41) is 12.1. The molecular weight excluding hydrogens is 559 g/mol. The van der Waals surface area contributed by atoms with Gasteiger partial charge >= 0.3 is 0 Å². The van der Waals surface area contributed by atoms with Crippen molar-refractivity contribution in [2.24, 2.45) is 0 Å². The molecule has 4 rings (SSSR count). The molecule has 0 aliphatic carbocycles. The summed E-state index contributed by atoms with van der Waals surface area (Å²) >= 11 is 16.9. The van der Waals surface area contributed by atoms with E-state index in [4.69, 9.17) is 44.3 Å². The van der Waals surface area contributed by atoms with Crippen LogP contribution >= 0.6 is 34.8 Å². The largest absolute Gasteiger partial charge is 0.392 e. The van der Waals surface area contributed by atoms with E-state index in [-0.39, 0.29) is 31.4 Å². The van der Waals surface area contributed by atoms with Gasteiger partial charge in [-0.1, -0.05) is 114 Å². The summed E-state index contributed by atoms with van der Waals surface area (Å²) in [6.07, 6.45) is -0.130. The molecule has 4 atom stereocenters. The molecule has 3 aromatic rings. The number of hydrogen-bond donors (Lipinski definition) is 2. The second-order valence-corrected chi connectivity index (χ2v) is 12.1. The van der Waals surface area contributed by atoms with E-state index >= 15 is 0 Å². The van der Waals surface area contributed by atoms with Crippen LogP contribution in [0.15, 0.2) is 78.9 Å². The fourth-order valence-corrected chi connectivity index (χ4v) is 4.77. The van der Waals surface area contributed by atoms with Crippen molar-refractivity contribution in [2.75, 3.05) is 13.6 Å². The first kappa shape index (κ1) is 29.8. The van der Waals surface area contributed by atoms with Gasteiger partial charge in [-0.05, 0) is 36.2 Å². The molecule has 0 bridgehead atoms. The van der Waals surface area contributed by atoms with Gasteiger partial charge in [-0.15, -0.1) is 0 Å². The van der Waals surface area contributed by atoms with Crippen LogP contribution in [0, 0.1) is 0 Å². The molecule has 0 unspecified atom stereocenters. The van der Waals surface area contributed by atoms with Gasteiger partial charge in [0.05, 0.1) is 18.8 Å². The van der Waals surface area contributed by atoms with Gasteiger partial charge < -0.3 is 19.9 Å². The van der Waals surface area contributed by atoms with Crippen molar-refractivity contribution < 1.29 is 19.4 Å². The van der Waals surface area contributed by atoms with Crippen LogP contribution in [0.5, 0.6) is 0 Å². The number of benzene rings is 3. The van der Waals surface area contributed by atoms with Gasteiger partial charge in [0.15, 0.2) is 6.29 Å². The van der Waals surface area contributed by atoms with Crippen molar-refractivity contribution >= 4 is 40.7 Å². The number of nitrogens with zero attached hydrogens (tertiary/aromatic N) is 1. The van der Waals surface area contributed by atoms with Gasteiger partial charge in [0.25, 0.3) is 9.70 Å². The number of hydrogen-bond acceptors (Lipinski definition) is 5. The molecule has 39 heavy (non-hydrogen) atoms. The highest BCUT2D eigenvalue weighted by molar-refractivity contribution is 6.76.